The van der Waals surface area contributed by atoms with Gasteiger partial charge in [-0.25, -0.2) is 0 Å². The molecule has 0 spiro atoms. The number of amides is 2. The SMILES string of the molecule is CCN1CCNC(=O)C1CC(=O)N1CCCN(Cc2ccncc2)CC1. The number of pyridine rings is 1. The van der Waals surface area contributed by atoms with Crippen molar-refractivity contribution in [1.29, 1.82) is 0 Å². The van der Waals surface area contributed by atoms with Gasteiger partial charge in [0.25, 0.3) is 0 Å². The summed E-state index contributed by atoms with van der Waals surface area (Å²) < 4.78 is 0. The molecule has 7 heteroatoms. The third-order valence-electron chi connectivity index (χ3n) is 5.31. The van der Waals surface area contributed by atoms with E-state index in [0.717, 1.165) is 52.2 Å². The number of aromatic nitrogens is 1. The highest BCUT2D eigenvalue weighted by Gasteiger charge is 2.32. The van der Waals surface area contributed by atoms with Crippen LogP contribution < -0.4 is 5.32 Å². The number of hydrogen-bond donors (Lipinski definition) is 1. The predicted molar refractivity (Wildman–Crippen MR) is 99.4 cm³/mol. The zero-order valence-corrected chi connectivity index (χ0v) is 15.6. The third-order valence-corrected chi connectivity index (χ3v) is 5.31. The first kappa shape index (κ1) is 18.8. The Morgan fingerprint density at radius 3 is 2.77 bits per heavy atom. The Bertz CT molecular complexity index is 609. The standard InChI is InChI=1S/C19H29N5O2/c1-2-23-11-8-21-19(26)17(23)14-18(25)24-10-3-9-22(12-13-24)15-16-4-6-20-7-5-16/h4-7,17H,2-3,8-15H2,1H3,(H,21,26). The molecule has 1 atom stereocenters. The molecule has 2 amide bonds. The van der Waals surface area contributed by atoms with E-state index in [0.29, 0.717) is 6.54 Å². The molecule has 0 radical (unpaired) electrons. The van der Waals surface area contributed by atoms with Crippen LogP contribution in [-0.4, -0.2) is 83.4 Å². The van der Waals surface area contributed by atoms with Crippen molar-refractivity contribution in [3.05, 3.63) is 30.1 Å². The molecule has 26 heavy (non-hydrogen) atoms. The maximum absolute atomic E-state index is 12.8. The normalized spacial score (nSPS) is 22.7. The van der Waals surface area contributed by atoms with Crippen LogP contribution in [0.1, 0.15) is 25.3 Å². The molecular weight excluding hydrogens is 330 g/mol. The highest BCUT2D eigenvalue weighted by molar-refractivity contribution is 5.88. The van der Waals surface area contributed by atoms with Crippen LogP contribution in [-0.2, 0) is 16.1 Å². The number of likely N-dealkylation sites (N-methyl/N-ethyl adjacent to an activating group) is 1. The monoisotopic (exact) mass is 359 g/mol. The summed E-state index contributed by atoms with van der Waals surface area (Å²) in [6.45, 7) is 8.56. The molecule has 2 aliphatic heterocycles. The molecule has 0 aliphatic carbocycles. The highest BCUT2D eigenvalue weighted by atomic mass is 16.2. The minimum atomic E-state index is -0.322. The predicted octanol–water partition coefficient (Wildman–Crippen LogP) is 0.326. The Labute approximate surface area is 155 Å². The van der Waals surface area contributed by atoms with Gasteiger partial charge in [-0.1, -0.05) is 6.92 Å². The van der Waals surface area contributed by atoms with Gasteiger partial charge in [0.2, 0.25) is 11.8 Å². The lowest BCUT2D eigenvalue weighted by Crippen LogP contribution is -2.56. The summed E-state index contributed by atoms with van der Waals surface area (Å²) in [7, 11) is 0. The van der Waals surface area contributed by atoms with Gasteiger partial charge in [-0.3, -0.25) is 24.4 Å². The fourth-order valence-corrected chi connectivity index (χ4v) is 3.78. The molecule has 2 aliphatic rings. The number of hydrogen-bond acceptors (Lipinski definition) is 5. The van der Waals surface area contributed by atoms with Crippen molar-refractivity contribution >= 4 is 11.8 Å². The summed E-state index contributed by atoms with van der Waals surface area (Å²) in [6, 6.07) is 3.75. The summed E-state index contributed by atoms with van der Waals surface area (Å²) in [5.41, 5.74) is 1.25. The van der Waals surface area contributed by atoms with Crippen LogP contribution >= 0.6 is 0 Å². The molecule has 2 saturated heterocycles. The van der Waals surface area contributed by atoms with E-state index in [1.807, 2.05) is 36.4 Å². The number of carbonyl (C=O) groups excluding carboxylic acids is 2. The van der Waals surface area contributed by atoms with Crippen molar-refractivity contribution in [2.75, 3.05) is 45.8 Å². The second-order valence-electron chi connectivity index (χ2n) is 7.01. The van der Waals surface area contributed by atoms with Gasteiger partial charge in [0, 0.05) is 58.2 Å². The van der Waals surface area contributed by atoms with Gasteiger partial charge in [-0.2, -0.15) is 0 Å². The summed E-state index contributed by atoms with van der Waals surface area (Å²) in [5, 5.41) is 2.89. The number of carbonyl (C=O) groups is 2. The lowest BCUT2D eigenvalue weighted by molar-refractivity contribution is -0.138. The van der Waals surface area contributed by atoms with E-state index in [1.165, 1.54) is 5.56 Å². The molecule has 0 saturated carbocycles. The van der Waals surface area contributed by atoms with Crippen molar-refractivity contribution in [3.63, 3.8) is 0 Å². The van der Waals surface area contributed by atoms with E-state index in [1.54, 1.807) is 0 Å². The van der Waals surface area contributed by atoms with E-state index in [4.69, 9.17) is 0 Å². The van der Waals surface area contributed by atoms with Crippen LogP contribution in [0.4, 0.5) is 0 Å². The van der Waals surface area contributed by atoms with E-state index >= 15 is 0 Å². The van der Waals surface area contributed by atoms with E-state index in [9.17, 15) is 9.59 Å². The second-order valence-corrected chi connectivity index (χ2v) is 7.01. The fraction of sp³-hybridized carbons (Fsp3) is 0.632. The van der Waals surface area contributed by atoms with E-state index < -0.39 is 0 Å². The molecule has 3 rings (SSSR count). The lowest BCUT2D eigenvalue weighted by Gasteiger charge is -2.34. The quantitative estimate of drug-likeness (QED) is 0.820. The molecule has 0 aromatic carbocycles. The zero-order valence-electron chi connectivity index (χ0n) is 15.6. The van der Waals surface area contributed by atoms with Crippen LogP contribution in [0.3, 0.4) is 0 Å². The molecule has 7 nitrogen and oxygen atoms in total. The molecule has 142 valence electrons. The van der Waals surface area contributed by atoms with Gasteiger partial charge in [-0.05, 0) is 30.7 Å². The van der Waals surface area contributed by atoms with Gasteiger partial charge in [0.05, 0.1) is 12.5 Å². The minimum absolute atomic E-state index is 0.0133. The largest absolute Gasteiger partial charge is 0.353 e. The third kappa shape index (κ3) is 4.80. The number of piperazine rings is 1. The Morgan fingerprint density at radius 1 is 1.19 bits per heavy atom. The van der Waals surface area contributed by atoms with E-state index in [2.05, 4.69) is 20.1 Å². The van der Waals surface area contributed by atoms with Crippen molar-refractivity contribution in [1.82, 2.24) is 25.0 Å². The molecule has 1 unspecified atom stereocenters. The molecule has 2 fully saturated rings. The van der Waals surface area contributed by atoms with Crippen LogP contribution in [0.5, 0.6) is 0 Å². The first-order chi connectivity index (χ1) is 12.7. The first-order valence-corrected chi connectivity index (χ1v) is 9.58. The summed E-state index contributed by atoms with van der Waals surface area (Å²) in [6.07, 6.45) is 4.88. The molecule has 1 aromatic rings. The summed E-state index contributed by atoms with van der Waals surface area (Å²) in [5.74, 6) is 0.0804. The van der Waals surface area contributed by atoms with Crippen molar-refractivity contribution in [3.8, 4) is 0 Å². The lowest BCUT2D eigenvalue weighted by atomic mass is 10.1. The molecule has 0 bridgehead atoms. The second kappa shape index (κ2) is 9.09. The average Bonchev–Trinajstić information content (AvgIpc) is 2.90. The Balaban J connectivity index is 1.53. The molecule has 3 heterocycles. The van der Waals surface area contributed by atoms with Crippen LogP contribution in [0.15, 0.2) is 24.5 Å². The van der Waals surface area contributed by atoms with Gasteiger partial charge in [0.15, 0.2) is 0 Å². The number of nitrogens with zero attached hydrogens (tertiary/aromatic N) is 4. The van der Waals surface area contributed by atoms with Gasteiger partial charge in [-0.15, -0.1) is 0 Å². The average molecular weight is 359 g/mol. The maximum atomic E-state index is 12.8. The Kier molecular flexibility index (Phi) is 6.57. The molecule has 1 aromatic heterocycles. The summed E-state index contributed by atoms with van der Waals surface area (Å²) >= 11 is 0. The topological polar surface area (TPSA) is 68.8 Å². The van der Waals surface area contributed by atoms with Crippen LogP contribution in [0, 0.1) is 0 Å². The number of nitrogens with one attached hydrogen (secondary N) is 1. The number of rotatable bonds is 5. The molecular formula is C19H29N5O2. The van der Waals surface area contributed by atoms with Crippen molar-refractivity contribution < 1.29 is 9.59 Å². The fourth-order valence-electron chi connectivity index (χ4n) is 3.78. The first-order valence-electron chi connectivity index (χ1n) is 9.58. The van der Waals surface area contributed by atoms with Gasteiger partial charge >= 0.3 is 0 Å². The summed E-state index contributed by atoms with van der Waals surface area (Å²) in [4.78, 5) is 35.4. The smallest absolute Gasteiger partial charge is 0.237 e. The van der Waals surface area contributed by atoms with E-state index in [-0.39, 0.29) is 24.3 Å². The van der Waals surface area contributed by atoms with Crippen molar-refractivity contribution in [2.24, 2.45) is 0 Å². The zero-order chi connectivity index (χ0) is 18.4. The minimum Gasteiger partial charge on any atom is -0.353 e. The highest BCUT2D eigenvalue weighted by Crippen LogP contribution is 2.13. The van der Waals surface area contributed by atoms with Crippen LogP contribution in [0.2, 0.25) is 0 Å². The Morgan fingerprint density at radius 2 is 2.00 bits per heavy atom. The Hall–Kier alpha value is -1.99. The maximum Gasteiger partial charge on any atom is 0.237 e. The van der Waals surface area contributed by atoms with Gasteiger partial charge in [0.1, 0.15) is 0 Å². The van der Waals surface area contributed by atoms with Crippen LogP contribution in [0.25, 0.3) is 0 Å². The molecule has 1 N–H and O–H groups in total. The van der Waals surface area contributed by atoms with Crippen molar-refractivity contribution in [2.45, 2.75) is 32.4 Å². The van der Waals surface area contributed by atoms with Gasteiger partial charge < -0.3 is 10.2 Å².